The number of amides is 2. The van der Waals surface area contributed by atoms with Crippen molar-refractivity contribution in [1.29, 1.82) is 0 Å². The van der Waals surface area contributed by atoms with E-state index in [2.05, 4.69) is 34.4 Å². The minimum absolute atomic E-state index is 0.166. The summed E-state index contributed by atoms with van der Waals surface area (Å²) in [5.41, 5.74) is 2.13. The highest BCUT2D eigenvalue weighted by molar-refractivity contribution is 6.09. The van der Waals surface area contributed by atoms with Crippen molar-refractivity contribution in [3.63, 3.8) is 0 Å². The van der Waals surface area contributed by atoms with Gasteiger partial charge in [0.15, 0.2) is 0 Å². The maximum Gasteiger partial charge on any atom is 0.274 e. The zero-order chi connectivity index (χ0) is 22.2. The van der Waals surface area contributed by atoms with Gasteiger partial charge in [0.2, 0.25) is 0 Å². The summed E-state index contributed by atoms with van der Waals surface area (Å²) in [5.74, 6) is -1.38. The molecular weight excluding hydrogens is 395 g/mol. The molecule has 3 aromatic rings. The van der Waals surface area contributed by atoms with Crippen LogP contribution in [0.25, 0.3) is 0 Å². The van der Waals surface area contributed by atoms with E-state index in [0.29, 0.717) is 5.56 Å². The molecule has 0 radical (unpaired) electrons. The van der Waals surface area contributed by atoms with Gasteiger partial charge in [-0.05, 0) is 67.9 Å². The molecule has 3 rings (SSSR count). The Balaban J connectivity index is 1.76. The highest BCUT2D eigenvalue weighted by Crippen LogP contribution is 2.25. The third-order valence-corrected chi connectivity index (χ3v) is 4.75. The van der Waals surface area contributed by atoms with Gasteiger partial charge in [-0.25, -0.2) is 4.39 Å². The van der Waals surface area contributed by atoms with Gasteiger partial charge in [-0.1, -0.05) is 13.0 Å². The van der Waals surface area contributed by atoms with E-state index in [0.717, 1.165) is 25.2 Å². The minimum Gasteiger partial charge on any atom is -0.372 e. The average molecular weight is 420 g/mol. The number of rotatable bonds is 8. The number of aromatic nitrogens is 1. The molecule has 2 aromatic carbocycles. The number of halogens is 1. The molecule has 0 spiro atoms. The van der Waals surface area contributed by atoms with Gasteiger partial charge in [-0.3, -0.25) is 14.6 Å². The number of hydrogen-bond donors (Lipinski definition) is 2. The highest BCUT2D eigenvalue weighted by Gasteiger charge is 2.14. The monoisotopic (exact) mass is 420 g/mol. The SMILES string of the molecule is CCCN(CC)c1ccc(C(=O)Nc2cc(F)ccc2NC(=O)c2ccccn2)cc1. The predicted octanol–water partition coefficient (Wildman–Crippen LogP) is 4.96. The standard InChI is InChI=1S/C24H25FN4O2/c1-3-15-29(4-2)19-11-8-17(9-12-19)23(30)28-22-16-18(25)10-13-20(22)27-24(31)21-7-5-6-14-26-21/h5-14,16H,3-4,15H2,1-2H3,(H,27,31)(H,28,30). The van der Waals surface area contributed by atoms with Crippen molar-refractivity contribution >= 4 is 28.9 Å². The lowest BCUT2D eigenvalue weighted by Gasteiger charge is -2.22. The van der Waals surface area contributed by atoms with E-state index in [1.807, 2.05) is 12.1 Å². The molecule has 0 bridgehead atoms. The number of benzene rings is 2. The summed E-state index contributed by atoms with van der Waals surface area (Å²) in [5, 5.41) is 5.35. The number of nitrogens with zero attached hydrogens (tertiary/aromatic N) is 2. The molecular formula is C24H25FN4O2. The number of carbonyl (C=O) groups is 2. The highest BCUT2D eigenvalue weighted by atomic mass is 19.1. The second kappa shape index (κ2) is 10.3. The molecule has 0 saturated carbocycles. The van der Waals surface area contributed by atoms with Crippen LogP contribution in [0, 0.1) is 5.82 Å². The van der Waals surface area contributed by atoms with Crippen LogP contribution >= 0.6 is 0 Å². The topological polar surface area (TPSA) is 74.3 Å². The predicted molar refractivity (Wildman–Crippen MR) is 121 cm³/mol. The van der Waals surface area contributed by atoms with E-state index in [-0.39, 0.29) is 17.1 Å². The molecule has 0 fully saturated rings. The van der Waals surface area contributed by atoms with Crippen LogP contribution in [0.3, 0.4) is 0 Å². The van der Waals surface area contributed by atoms with Crippen LogP contribution in [0.5, 0.6) is 0 Å². The number of nitrogens with one attached hydrogen (secondary N) is 2. The summed E-state index contributed by atoms with van der Waals surface area (Å²) in [6.07, 6.45) is 2.54. The molecule has 0 aliphatic rings. The summed E-state index contributed by atoms with van der Waals surface area (Å²) in [6, 6.07) is 16.0. The van der Waals surface area contributed by atoms with Crippen molar-refractivity contribution in [2.45, 2.75) is 20.3 Å². The zero-order valence-electron chi connectivity index (χ0n) is 17.6. The molecule has 1 aromatic heterocycles. The Morgan fingerprint density at radius 1 is 0.935 bits per heavy atom. The lowest BCUT2D eigenvalue weighted by Crippen LogP contribution is -2.23. The Morgan fingerprint density at radius 3 is 2.32 bits per heavy atom. The molecule has 31 heavy (non-hydrogen) atoms. The Kier molecular flexibility index (Phi) is 7.32. The van der Waals surface area contributed by atoms with Crippen LogP contribution in [0.1, 0.15) is 41.1 Å². The van der Waals surface area contributed by atoms with Gasteiger partial charge in [-0.2, -0.15) is 0 Å². The largest absolute Gasteiger partial charge is 0.372 e. The lowest BCUT2D eigenvalue weighted by molar-refractivity contribution is 0.101. The maximum absolute atomic E-state index is 13.8. The molecule has 0 aliphatic carbocycles. The van der Waals surface area contributed by atoms with Crippen LogP contribution < -0.4 is 15.5 Å². The summed E-state index contributed by atoms with van der Waals surface area (Å²) >= 11 is 0. The van der Waals surface area contributed by atoms with E-state index < -0.39 is 17.6 Å². The normalized spacial score (nSPS) is 10.4. The molecule has 0 saturated heterocycles. The van der Waals surface area contributed by atoms with Gasteiger partial charge in [-0.15, -0.1) is 0 Å². The van der Waals surface area contributed by atoms with Crippen molar-refractivity contribution < 1.29 is 14.0 Å². The maximum atomic E-state index is 13.8. The molecule has 0 aliphatic heterocycles. The molecule has 2 N–H and O–H groups in total. The first-order chi connectivity index (χ1) is 15.0. The van der Waals surface area contributed by atoms with Gasteiger partial charge in [0, 0.05) is 30.5 Å². The molecule has 2 amide bonds. The quantitative estimate of drug-likeness (QED) is 0.540. The summed E-state index contributed by atoms with van der Waals surface area (Å²) < 4.78 is 13.8. The van der Waals surface area contributed by atoms with E-state index in [1.54, 1.807) is 30.3 Å². The smallest absolute Gasteiger partial charge is 0.274 e. The van der Waals surface area contributed by atoms with Crippen LogP contribution in [-0.4, -0.2) is 29.9 Å². The Labute approximate surface area is 181 Å². The van der Waals surface area contributed by atoms with Gasteiger partial charge in [0.05, 0.1) is 11.4 Å². The molecule has 7 heteroatoms. The first kappa shape index (κ1) is 22.0. The number of anilines is 3. The third-order valence-electron chi connectivity index (χ3n) is 4.75. The van der Waals surface area contributed by atoms with Crippen molar-refractivity contribution in [3.8, 4) is 0 Å². The first-order valence-corrected chi connectivity index (χ1v) is 10.2. The van der Waals surface area contributed by atoms with Gasteiger partial charge in [0.25, 0.3) is 11.8 Å². The number of carbonyl (C=O) groups excluding carboxylic acids is 2. The van der Waals surface area contributed by atoms with Crippen molar-refractivity contribution in [2.24, 2.45) is 0 Å². The number of hydrogen-bond acceptors (Lipinski definition) is 4. The van der Waals surface area contributed by atoms with Crippen molar-refractivity contribution in [2.75, 3.05) is 28.6 Å². The Bertz CT molecular complexity index is 1040. The van der Waals surface area contributed by atoms with Crippen LogP contribution in [0.15, 0.2) is 66.9 Å². The lowest BCUT2D eigenvalue weighted by atomic mass is 10.1. The first-order valence-electron chi connectivity index (χ1n) is 10.2. The summed E-state index contributed by atoms with van der Waals surface area (Å²) in [4.78, 5) is 31.4. The van der Waals surface area contributed by atoms with Crippen LogP contribution in [-0.2, 0) is 0 Å². The van der Waals surface area contributed by atoms with Crippen LogP contribution in [0.2, 0.25) is 0 Å². The molecule has 1 heterocycles. The summed E-state index contributed by atoms with van der Waals surface area (Å²) in [6.45, 7) is 6.02. The van der Waals surface area contributed by atoms with Gasteiger partial charge >= 0.3 is 0 Å². The molecule has 0 atom stereocenters. The fourth-order valence-corrected chi connectivity index (χ4v) is 3.17. The van der Waals surface area contributed by atoms with Crippen molar-refractivity contribution in [1.82, 2.24) is 4.98 Å². The van der Waals surface area contributed by atoms with Crippen LogP contribution in [0.4, 0.5) is 21.5 Å². The fraction of sp³-hybridized carbons (Fsp3) is 0.208. The van der Waals surface area contributed by atoms with E-state index in [9.17, 15) is 14.0 Å². The summed E-state index contributed by atoms with van der Waals surface area (Å²) in [7, 11) is 0. The Morgan fingerprint density at radius 2 is 1.68 bits per heavy atom. The van der Waals surface area contributed by atoms with Crippen molar-refractivity contribution in [3.05, 3.63) is 83.9 Å². The fourth-order valence-electron chi connectivity index (χ4n) is 3.17. The third kappa shape index (κ3) is 5.66. The number of pyridine rings is 1. The average Bonchev–Trinajstić information content (AvgIpc) is 2.80. The van der Waals surface area contributed by atoms with Gasteiger partial charge in [0.1, 0.15) is 11.5 Å². The minimum atomic E-state index is -0.528. The molecule has 0 unspecified atom stereocenters. The molecule has 160 valence electrons. The Hall–Kier alpha value is -3.74. The zero-order valence-corrected chi connectivity index (χ0v) is 17.6. The molecule has 6 nitrogen and oxygen atoms in total. The second-order valence-electron chi connectivity index (χ2n) is 6.94. The second-order valence-corrected chi connectivity index (χ2v) is 6.94. The van der Waals surface area contributed by atoms with E-state index >= 15 is 0 Å². The van der Waals surface area contributed by atoms with Gasteiger partial charge < -0.3 is 15.5 Å². The van der Waals surface area contributed by atoms with E-state index in [4.69, 9.17) is 0 Å². The van der Waals surface area contributed by atoms with E-state index in [1.165, 1.54) is 24.4 Å².